The van der Waals surface area contributed by atoms with Gasteiger partial charge in [0.2, 0.25) is 5.91 Å². The van der Waals surface area contributed by atoms with E-state index in [-0.39, 0.29) is 12.4 Å². The fourth-order valence-electron chi connectivity index (χ4n) is 3.30. The molecule has 5 aromatic rings. The normalized spacial score (nSPS) is 11.3. The molecule has 0 aliphatic heterocycles. The third-order valence-corrected chi connectivity index (χ3v) is 4.97. The predicted molar refractivity (Wildman–Crippen MR) is 114 cm³/mol. The van der Waals surface area contributed by atoms with Crippen molar-refractivity contribution >= 4 is 34.4 Å². The molecule has 154 valence electrons. The van der Waals surface area contributed by atoms with Gasteiger partial charge in [0.1, 0.15) is 17.9 Å². The zero-order valence-electron chi connectivity index (χ0n) is 15.9. The minimum Gasteiger partial charge on any atom is -0.324 e. The second-order valence-corrected chi connectivity index (χ2v) is 7.29. The molecule has 0 aliphatic rings. The summed E-state index contributed by atoms with van der Waals surface area (Å²) in [4.78, 5) is 25.1. The van der Waals surface area contributed by atoms with Gasteiger partial charge in [-0.1, -0.05) is 17.7 Å². The lowest BCUT2D eigenvalue weighted by Gasteiger charge is -2.04. The number of aromatic nitrogens is 5. The Hall–Kier alpha value is -3.98. The van der Waals surface area contributed by atoms with Crippen molar-refractivity contribution in [1.82, 2.24) is 23.8 Å². The lowest BCUT2D eigenvalue weighted by atomic mass is 10.1. The summed E-state index contributed by atoms with van der Waals surface area (Å²) in [5.41, 5.74) is 2.33. The summed E-state index contributed by atoms with van der Waals surface area (Å²) in [6, 6.07) is 14.4. The SMILES string of the molecule is O=C(Cn1nc2c3cc(-c4ccc(F)cc4)nn3ccn2c1=O)Nc1cccc(Cl)c1. The first kappa shape index (κ1) is 19.0. The number of rotatable bonds is 4. The molecule has 5 rings (SSSR count). The van der Waals surface area contributed by atoms with E-state index in [1.165, 1.54) is 22.7 Å². The molecular formula is C21H14ClFN6O2. The van der Waals surface area contributed by atoms with Crippen LogP contribution in [0.15, 0.2) is 71.8 Å². The zero-order chi connectivity index (χ0) is 21.5. The zero-order valence-corrected chi connectivity index (χ0v) is 16.6. The van der Waals surface area contributed by atoms with Crippen molar-refractivity contribution in [3.8, 4) is 11.3 Å². The Balaban J connectivity index is 1.49. The van der Waals surface area contributed by atoms with Crippen molar-refractivity contribution in [1.29, 1.82) is 0 Å². The van der Waals surface area contributed by atoms with Crippen LogP contribution in [-0.2, 0) is 11.3 Å². The molecule has 0 unspecified atom stereocenters. The highest BCUT2D eigenvalue weighted by Crippen LogP contribution is 2.21. The van der Waals surface area contributed by atoms with Gasteiger partial charge in [-0.05, 0) is 48.5 Å². The monoisotopic (exact) mass is 436 g/mol. The molecule has 0 radical (unpaired) electrons. The standard InChI is InChI=1S/C21H14ClFN6O2/c22-14-2-1-3-16(10-14)24-19(30)12-29-21(31)27-8-9-28-18(20(27)26-29)11-17(25-28)13-4-6-15(23)7-5-13/h1-11H,12H2,(H,24,30). The molecule has 2 aromatic carbocycles. The van der Waals surface area contributed by atoms with Crippen molar-refractivity contribution in [2.45, 2.75) is 6.54 Å². The molecule has 3 heterocycles. The van der Waals surface area contributed by atoms with E-state index in [0.29, 0.717) is 27.6 Å². The Labute approximate surface area is 179 Å². The second kappa shape index (κ2) is 7.37. The predicted octanol–water partition coefficient (Wildman–Crippen LogP) is 3.24. The number of hydrogen-bond acceptors (Lipinski definition) is 4. The van der Waals surface area contributed by atoms with Crippen LogP contribution in [0.4, 0.5) is 10.1 Å². The fourth-order valence-corrected chi connectivity index (χ4v) is 3.49. The van der Waals surface area contributed by atoms with Crippen molar-refractivity contribution in [2.75, 3.05) is 5.32 Å². The Morgan fingerprint density at radius 3 is 2.65 bits per heavy atom. The Kier molecular flexibility index (Phi) is 4.52. The highest BCUT2D eigenvalue weighted by atomic mass is 35.5. The third-order valence-electron chi connectivity index (χ3n) is 4.73. The van der Waals surface area contributed by atoms with Crippen LogP contribution < -0.4 is 11.0 Å². The minimum absolute atomic E-state index is 0.266. The summed E-state index contributed by atoms with van der Waals surface area (Å²) in [7, 11) is 0. The van der Waals surface area contributed by atoms with E-state index in [1.54, 1.807) is 53.2 Å². The highest BCUT2D eigenvalue weighted by molar-refractivity contribution is 6.30. The van der Waals surface area contributed by atoms with Crippen LogP contribution >= 0.6 is 11.6 Å². The van der Waals surface area contributed by atoms with E-state index in [2.05, 4.69) is 15.5 Å². The summed E-state index contributed by atoms with van der Waals surface area (Å²) in [6.45, 7) is -0.266. The number of nitrogens with zero attached hydrogens (tertiary/aromatic N) is 5. The number of nitrogens with one attached hydrogen (secondary N) is 1. The summed E-state index contributed by atoms with van der Waals surface area (Å²) in [5.74, 6) is -0.749. The highest BCUT2D eigenvalue weighted by Gasteiger charge is 2.15. The molecule has 0 saturated carbocycles. The quantitative estimate of drug-likeness (QED) is 0.468. The largest absolute Gasteiger partial charge is 0.350 e. The lowest BCUT2D eigenvalue weighted by Crippen LogP contribution is -2.28. The van der Waals surface area contributed by atoms with Gasteiger partial charge in [0, 0.05) is 28.7 Å². The van der Waals surface area contributed by atoms with E-state index >= 15 is 0 Å². The van der Waals surface area contributed by atoms with Gasteiger partial charge in [-0.25, -0.2) is 22.8 Å². The van der Waals surface area contributed by atoms with Crippen molar-refractivity contribution in [2.24, 2.45) is 0 Å². The molecule has 3 aromatic heterocycles. The fraction of sp³-hybridized carbons (Fsp3) is 0.0476. The molecule has 1 amide bonds. The Morgan fingerprint density at radius 2 is 1.87 bits per heavy atom. The topological polar surface area (TPSA) is 85.7 Å². The average molecular weight is 437 g/mol. The first-order chi connectivity index (χ1) is 15.0. The first-order valence-electron chi connectivity index (χ1n) is 9.27. The molecule has 0 bridgehead atoms. The third kappa shape index (κ3) is 3.55. The second-order valence-electron chi connectivity index (χ2n) is 6.86. The molecule has 1 N–H and O–H groups in total. The molecular weight excluding hydrogens is 423 g/mol. The van der Waals surface area contributed by atoms with Gasteiger partial charge < -0.3 is 5.32 Å². The van der Waals surface area contributed by atoms with Gasteiger partial charge in [-0.3, -0.25) is 4.79 Å². The van der Waals surface area contributed by atoms with E-state index in [4.69, 9.17) is 11.6 Å². The number of anilines is 1. The lowest BCUT2D eigenvalue weighted by molar-refractivity contribution is -0.117. The maximum atomic E-state index is 13.2. The summed E-state index contributed by atoms with van der Waals surface area (Å²) in [5, 5.41) is 12.0. The van der Waals surface area contributed by atoms with Gasteiger partial charge in [-0.15, -0.1) is 5.10 Å². The molecule has 0 atom stereocenters. The van der Waals surface area contributed by atoms with Gasteiger partial charge in [0.25, 0.3) is 0 Å². The van der Waals surface area contributed by atoms with E-state index in [9.17, 15) is 14.0 Å². The van der Waals surface area contributed by atoms with E-state index in [1.807, 2.05) is 0 Å². The Morgan fingerprint density at radius 1 is 1.06 bits per heavy atom. The number of benzene rings is 2. The van der Waals surface area contributed by atoms with Crippen LogP contribution in [0.5, 0.6) is 0 Å². The summed E-state index contributed by atoms with van der Waals surface area (Å²) >= 11 is 5.93. The molecule has 0 aliphatic carbocycles. The van der Waals surface area contributed by atoms with Crippen molar-refractivity contribution in [3.05, 3.63) is 88.3 Å². The molecule has 31 heavy (non-hydrogen) atoms. The van der Waals surface area contributed by atoms with Crippen molar-refractivity contribution < 1.29 is 9.18 Å². The number of hydrogen-bond donors (Lipinski definition) is 1. The molecule has 10 heteroatoms. The van der Waals surface area contributed by atoms with Gasteiger partial charge in [0.15, 0.2) is 5.65 Å². The van der Waals surface area contributed by atoms with Gasteiger partial charge in [0.05, 0.1) is 5.69 Å². The van der Waals surface area contributed by atoms with Crippen LogP contribution in [0.1, 0.15) is 0 Å². The molecule has 8 nitrogen and oxygen atoms in total. The molecule has 0 fully saturated rings. The van der Waals surface area contributed by atoms with Crippen LogP contribution in [0.3, 0.4) is 0 Å². The molecule has 0 spiro atoms. The number of halogens is 2. The van der Waals surface area contributed by atoms with Crippen LogP contribution in [0, 0.1) is 5.82 Å². The smallest absolute Gasteiger partial charge is 0.324 e. The maximum Gasteiger partial charge on any atom is 0.350 e. The number of carbonyl (C=O) groups excluding carboxylic acids is 1. The number of fused-ring (bicyclic) bond motifs is 3. The Bertz CT molecular complexity index is 1500. The van der Waals surface area contributed by atoms with E-state index in [0.717, 1.165) is 10.2 Å². The minimum atomic E-state index is -0.455. The van der Waals surface area contributed by atoms with Crippen LogP contribution in [0.2, 0.25) is 5.02 Å². The van der Waals surface area contributed by atoms with Gasteiger partial charge >= 0.3 is 5.69 Å². The molecule has 0 saturated heterocycles. The van der Waals surface area contributed by atoms with Gasteiger partial charge in [-0.2, -0.15) is 5.10 Å². The first-order valence-corrected chi connectivity index (χ1v) is 9.65. The summed E-state index contributed by atoms with van der Waals surface area (Å²) in [6.07, 6.45) is 3.15. The van der Waals surface area contributed by atoms with Crippen LogP contribution in [0.25, 0.3) is 22.4 Å². The maximum absolute atomic E-state index is 13.2. The van der Waals surface area contributed by atoms with Crippen LogP contribution in [-0.4, -0.2) is 29.7 Å². The number of amides is 1. The van der Waals surface area contributed by atoms with E-state index < -0.39 is 11.6 Å². The average Bonchev–Trinajstić information content (AvgIpc) is 3.30. The van der Waals surface area contributed by atoms with Crippen molar-refractivity contribution in [3.63, 3.8) is 0 Å². The summed E-state index contributed by atoms with van der Waals surface area (Å²) < 4.78 is 17.2. The number of carbonyl (C=O) groups is 1.